The van der Waals surface area contributed by atoms with Crippen LogP contribution in [0.15, 0.2) is 84.9 Å². The molecule has 6 heteroatoms. The molecule has 31 heavy (non-hydrogen) atoms. The predicted octanol–water partition coefficient (Wildman–Crippen LogP) is 5.32. The zero-order valence-electron chi connectivity index (χ0n) is 17.0. The first-order valence-corrected chi connectivity index (χ1v) is 11.1. The maximum absolute atomic E-state index is 12.7. The van der Waals surface area contributed by atoms with Crippen molar-refractivity contribution in [1.29, 1.82) is 0 Å². The molecule has 4 aromatic rings. The van der Waals surface area contributed by atoms with Gasteiger partial charge in [-0.3, -0.25) is 4.79 Å². The molecule has 154 valence electrons. The zero-order chi connectivity index (χ0) is 21.2. The number of carbonyl (C=O) groups excluding carboxylic acids is 1. The molecule has 1 unspecified atom stereocenters. The fourth-order valence-electron chi connectivity index (χ4n) is 3.82. The highest BCUT2D eigenvalue weighted by molar-refractivity contribution is 8.00. The summed E-state index contributed by atoms with van der Waals surface area (Å²) >= 11 is 1.61. The molecule has 1 atom stereocenters. The number of amides is 1. The van der Waals surface area contributed by atoms with E-state index >= 15 is 0 Å². The molecule has 1 aliphatic rings. The van der Waals surface area contributed by atoms with Gasteiger partial charge in [0.1, 0.15) is 11.6 Å². The van der Waals surface area contributed by atoms with Crippen LogP contribution in [0.3, 0.4) is 0 Å². The molecule has 1 aromatic heterocycles. The first-order valence-electron chi connectivity index (χ1n) is 10.0. The van der Waals surface area contributed by atoms with Gasteiger partial charge in [-0.15, -0.1) is 11.8 Å². The second-order valence-electron chi connectivity index (χ2n) is 7.24. The van der Waals surface area contributed by atoms with Gasteiger partial charge in [0.25, 0.3) is 0 Å². The van der Waals surface area contributed by atoms with Crippen LogP contribution >= 0.6 is 11.8 Å². The number of aromatic nitrogens is 2. The van der Waals surface area contributed by atoms with Gasteiger partial charge < -0.3 is 10.1 Å². The average molecular weight is 428 g/mol. The Hall–Kier alpha value is -3.51. The van der Waals surface area contributed by atoms with E-state index in [0.717, 1.165) is 39.6 Å². The molecule has 1 N–H and O–H groups in total. The normalized spacial score (nSPS) is 15.6. The van der Waals surface area contributed by atoms with E-state index in [2.05, 4.69) is 29.6 Å². The lowest BCUT2D eigenvalue weighted by Crippen LogP contribution is -2.15. The summed E-state index contributed by atoms with van der Waals surface area (Å²) in [6.07, 6.45) is 0. The summed E-state index contributed by atoms with van der Waals surface area (Å²) in [5, 5.41) is 8.05. The number of nitrogens with one attached hydrogen (secondary N) is 1. The summed E-state index contributed by atoms with van der Waals surface area (Å²) < 4.78 is 7.18. The Kier molecular flexibility index (Phi) is 5.22. The third-order valence-electron chi connectivity index (χ3n) is 5.29. The molecule has 2 heterocycles. The topological polar surface area (TPSA) is 56.1 Å². The summed E-state index contributed by atoms with van der Waals surface area (Å²) in [6.45, 7) is 0. The van der Waals surface area contributed by atoms with E-state index in [1.54, 1.807) is 18.9 Å². The second kappa shape index (κ2) is 8.32. The van der Waals surface area contributed by atoms with E-state index in [0.29, 0.717) is 5.75 Å². The van der Waals surface area contributed by atoms with Crippen LogP contribution in [0.2, 0.25) is 0 Å². The van der Waals surface area contributed by atoms with Gasteiger partial charge in [-0.25, -0.2) is 4.68 Å². The van der Waals surface area contributed by atoms with Crippen molar-refractivity contribution < 1.29 is 9.53 Å². The molecular formula is C25H21N3O2S. The number of para-hydroxylation sites is 1. The third-order valence-corrected chi connectivity index (χ3v) is 6.56. The number of benzene rings is 3. The highest BCUT2D eigenvalue weighted by Gasteiger charge is 2.32. The number of carbonyl (C=O) groups is 1. The van der Waals surface area contributed by atoms with Crippen LogP contribution in [0.1, 0.15) is 16.4 Å². The van der Waals surface area contributed by atoms with Crippen LogP contribution in [-0.2, 0) is 4.79 Å². The second-order valence-corrected chi connectivity index (χ2v) is 8.33. The standard InChI is InChI=1S/C25H21N3O2S/c1-30-20-14-12-18(13-15-20)24-22-23(17-8-4-2-5-9-17)27-28(19-10-6-3-7-11-19)25(22)26-21(29)16-31-24/h2-15,24H,16H2,1H3,(H,26,29). The number of thioether (sulfide) groups is 1. The molecule has 1 aliphatic heterocycles. The minimum atomic E-state index is -0.0486. The number of nitrogens with zero attached hydrogens (tertiary/aromatic N) is 2. The molecule has 5 nitrogen and oxygen atoms in total. The summed E-state index contributed by atoms with van der Waals surface area (Å²) in [5.74, 6) is 1.87. The zero-order valence-corrected chi connectivity index (χ0v) is 17.8. The van der Waals surface area contributed by atoms with Crippen molar-refractivity contribution in [2.45, 2.75) is 5.25 Å². The number of methoxy groups -OCH3 is 1. The molecule has 0 radical (unpaired) electrons. The van der Waals surface area contributed by atoms with E-state index in [9.17, 15) is 4.79 Å². The van der Waals surface area contributed by atoms with Crippen LogP contribution in [-0.4, -0.2) is 28.6 Å². The largest absolute Gasteiger partial charge is 0.497 e. The van der Waals surface area contributed by atoms with Gasteiger partial charge in [0.05, 0.1) is 29.5 Å². The number of rotatable bonds is 4. The van der Waals surface area contributed by atoms with Crippen molar-refractivity contribution in [2.24, 2.45) is 0 Å². The molecule has 3 aromatic carbocycles. The number of fused-ring (bicyclic) bond motifs is 1. The van der Waals surface area contributed by atoms with Crippen LogP contribution in [0, 0.1) is 0 Å². The molecule has 0 spiro atoms. The number of hydrogen-bond acceptors (Lipinski definition) is 4. The van der Waals surface area contributed by atoms with Gasteiger partial charge in [-0.1, -0.05) is 60.7 Å². The number of hydrogen-bond donors (Lipinski definition) is 1. The van der Waals surface area contributed by atoms with Crippen molar-refractivity contribution in [3.05, 3.63) is 96.1 Å². The van der Waals surface area contributed by atoms with Crippen molar-refractivity contribution in [2.75, 3.05) is 18.2 Å². The smallest absolute Gasteiger partial charge is 0.235 e. The molecule has 1 amide bonds. The Morgan fingerprint density at radius 3 is 2.32 bits per heavy atom. The molecule has 5 rings (SSSR count). The first kappa shape index (κ1) is 19.5. The van der Waals surface area contributed by atoms with E-state index in [4.69, 9.17) is 9.84 Å². The van der Waals surface area contributed by atoms with Gasteiger partial charge in [0.2, 0.25) is 5.91 Å². The summed E-state index contributed by atoms with van der Waals surface area (Å²) in [7, 11) is 1.66. The number of anilines is 1. The maximum Gasteiger partial charge on any atom is 0.235 e. The van der Waals surface area contributed by atoms with Crippen LogP contribution in [0.25, 0.3) is 16.9 Å². The quantitative estimate of drug-likeness (QED) is 0.479. The Balaban J connectivity index is 1.75. The summed E-state index contributed by atoms with van der Waals surface area (Å²) in [5.41, 5.74) is 4.91. The molecule has 0 fully saturated rings. The number of ether oxygens (including phenoxy) is 1. The molecule has 0 bridgehead atoms. The SMILES string of the molecule is COc1ccc(C2SCC(=O)Nc3c2c(-c2ccccc2)nn3-c2ccccc2)cc1. The highest BCUT2D eigenvalue weighted by atomic mass is 32.2. The summed E-state index contributed by atoms with van der Waals surface area (Å²) in [6, 6.07) is 28.1. The lowest BCUT2D eigenvalue weighted by atomic mass is 10.00. The Bertz CT molecular complexity index is 1210. The predicted molar refractivity (Wildman–Crippen MR) is 125 cm³/mol. The fourth-order valence-corrected chi connectivity index (χ4v) is 4.95. The molecule has 0 saturated heterocycles. The summed E-state index contributed by atoms with van der Waals surface area (Å²) in [4.78, 5) is 12.7. The van der Waals surface area contributed by atoms with Crippen LogP contribution < -0.4 is 10.1 Å². The van der Waals surface area contributed by atoms with E-state index in [1.807, 2.05) is 65.3 Å². The van der Waals surface area contributed by atoms with Crippen LogP contribution in [0.5, 0.6) is 5.75 Å². The first-order chi connectivity index (χ1) is 15.2. The minimum Gasteiger partial charge on any atom is -0.497 e. The average Bonchev–Trinajstić information content (AvgIpc) is 3.10. The Morgan fingerprint density at radius 2 is 1.65 bits per heavy atom. The van der Waals surface area contributed by atoms with Crippen molar-refractivity contribution in [3.63, 3.8) is 0 Å². The third kappa shape index (κ3) is 3.70. The monoisotopic (exact) mass is 427 g/mol. The highest BCUT2D eigenvalue weighted by Crippen LogP contribution is 2.46. The molecule has 0 saturated carbocycles. The van der Waals surface area contributed by atoms with Gasteiger partial charge in [-0.2, -0.15) is 5.10 Å². The fraction of sp³-hybridized carbons (Fsp3) is 0.120. The van der Waals surface area contributed by atoms with Crippen molar-refractivity contribution in [3.8, 4) is 22.7 Å². The maximum atomic E-state index is 12.7. The Labute approximate surface area is 185 Å². The molecule has 0 aliphatic carbocycles. The van der Waals surface area contributed by atoms with Crippen molar-refractivity contribution >= 4 is 23.5 Å². The van der Waals surface area contributed by atoms with Gasteiger partial charge in [-0.05, 0) is 29.8 Å². The van der Waals surface area contributed by atoms with Gasteiger partial charge >= 0.3 is 0 Å². The van der Waals surface area contributed by atoms with Gasteiger partial charge in [0, 0.05) is 11.1 Å². The minimum absolute atomic E-state index is 0.0287. The van der Waals surface area contributed by atoms with Crippen molar-refractivity contribution in [1.82, 2.24) is 9.78 Å². The lowest BCUT2D eigenvalue weighted by molar-refractivity contribution is -0.113. The Morgan fingerprint density at radius 1 is 0.968 bits per heavy atom. The lowest BCUT2D eigenvalue weighted by Gasteiger charge is -2.16. The molecular weight excluding hydrogens is 406 g/mol. The van der Waals surface area contributed by atoms with E-state index in [1.165, 1.54) is 0 Å². The van der Waals surface area contributed by atoms with E-state index < -0.39 is 0 Å². The van der Waals surface area contributed by atoms with Gasteiger partial charge in [0.15, 0.2) is 0 Å². The van der Waals surface area contributed by atoms with E-state index in [-0.39, 0.29) is 11.2 Å². The van der Waals surface area contributed by atoms with Crippen LogP contribution in [0.4, 0.5) is 5.82 Å².